The van der Waals surface area contributed by atoms with Gasteiger partial charge in [0.25, 0.3) is 0 Å². The minimum Gasteiger partial charge on any atom is -0.381 e. The Balaban J connectivity index is 3.23. The molecule has 6 heteroatoms. The van der Waals surface area contributed by atoms with Gasteiger partial charge in [0.05, 0.1) is 0 Å². The Morgan fingerprint density at radius 3 is 2.38 bits per heavy atom. The first kappa shape index (κ1) is 10.0. The Morgan fingerprint density at radius 2 is 2.08 bits per heavy atom. The fraction of sp³-hybridized carbons (Fsp3) is 0.571. The van der Waals surface area contributed by atoms with E-state index in [2.05, 4.69) is 5.16 Å². The molecule has 0 aliphatic rings. The molecule has 0 fully saturated rings. The van der Waals surface area contributed by atoms with Crippen LogP contribution in [0.2, 0.25) is 0 Å². The van der Waals surface area contributed by atoms with Gasteiger partial charge in [-0.3, -0.25) is 0 Å². The molecule has 2 N–H and O–H groups in total. The van der Waals surface area contributed by atoms with Gasteiger partial charge in [-0.2, -0.15) is 0 Å². The smallest absolute Gasteiger partial charge is 0.167 e. The van der Waals surface area contributed by atoms with Gasteiger partial charge in [-0.15, -0.1) is 0 Å². The number of rotatable bonds is 2. The highest BCUT2D eigenvalue weighted by Gasteiger charge is 2.36. The van der Waals surface area contributed by atoms with Crippen LogP contribution in [-0.2, 0) is 14.6 Å². The number of nitrogens with zero attached hydrogens (tertiary/aromatic N) is 1. The zero-order valence-corrected chi connectivity index (χ0v) is 8.55. The van der Waals surface area contributed by atoms with Crippen molar-refractivity contribution in [3.05, 3.63) is 11.8 Å². The summed E-state index contributed by atoms with van der Waals surface area (Å²) in [6.07, 6.45) is 1.14. The van der Waals surface area contributed by atoms with Crippen molar-refractivity contribution in [3.63, 3.8) is 0 Å². The van der Waals surface area contributed by atoms with Gasteiger partial charge < -0.3 is 10.3 Å². The molecule has 0 aliphatic heterocycles. The monoisotopic (exact) mass is 204 g/mol. The average molecular weight is 204 g/mol. The second-order valence-corrected chi connectivity index (χ2v) is 5.96. The number of nitrogens with two attached hydrogens (primary N) is 1. The van der Waals surface area contributed by atoms with E-state index in [1.807, 2.05) is 0 Å². The van der Waals surface area contributed by atoms with Crippen molar-refractivity contribution in [1.82, 2.24) is 5.16 Å². The molecular weight excluding hydrogens is 192 g/mol. The Bertz CT molecular complexity index is 405. The van der Waals surface area contributed by atoms with Gasteiger partial charge in [0, 0.05) is 12.3 Å². The number of aromatic nitrogens is 1. The first-order valence-corrected chi connectivity index (χ1v) is 5.56. The molecule has 5 nitrogen and oxygen atoms in total. The van der Waals surface area contributed by atoms with Crippen LogP contribution in [0.4, 0.5) is 5.82 Å². The van der Waals surface area contributed by atoms with Crippen LogP contribution in [-0.4, -0.2) is 19.8 Å². The van der Waals surface area contributed by atoms with E-state index in [0.717, 1.165) is 6.26 Å². The predicted molar refractivity (Wildman–Crippen MR) is 48.8 cm³/mol. The minimum atomic E-state index is -3.23. The van der Waals surface area contributed by atoms with Gasteiger partial charge in [-0.05, 0) is 13.8 Å². The van der Waals surface area contributed by atoms with Crippen LogP contribution in [0, 0.1) is 0 Å². The zero-order valence-electron chi connectivity index (χ0n) is 7.73. The normalized spacial score (nSPS) is 13.2. The molecular formula is C7H12N2O3S. The Kier molecular flexibility index (Phi) is 2.11. The molecule has 1 aromatic heterocycles. The molecule has 74 valence electrons. The summed E-state index contributed by atoms with van der Waals surface area (Å²) in [6.45, 7) is 3.09. The van der Waals surface area contributed by atoms with E-state index >= 15 is 0 Å². The van der Waals surface area contributed by atoms with Gasteiger partial charge in [-0.25, -0.2) is 8.42 Å². The number of hydrogen-bond acceptors (Lipinski definition) is 5. The van der Waals surface area contributed by atoms with Gasteiger partial charge in [0.15, 0.2) is 21.4 Å². The fourth-order valence-corrected chi connectivity index (χ4v) is 1.22. The van der Waals surface area contributed by atoms with Crippen LogP contribution in [0.5, 0.6) is 0 Å². The largest absolute Gasteiger partial charge is 0.381 e. The molecule has 1 rings (SSSR count). The highest BCUT2D eigenvalue weighted by atomic mass is 32.2. The highest BCUT2D eigenvalue weighted by molar-refractivity contribution is 7.91. The first-order valence-electron chi connectivity index (χ1n) is 3.67. The number of anilines is 1. The summed E-state index contributed by atoms with van der Waals surface area (Å²) in [6, 6.07) is 1.42. The molecule has 13 heavy (non-hydrogen) atoms. The molecule has 0 amide bonds. The summed E-state index contributed by atoms with van der Waals surface area (Å²) in [4.78, 5) is 0. The van der Waals surface area contributed by atoms with Gasteiger partial charge in [-0.1, -0.05) is 5.16 Å². The van der Waals surface area contributed by atoms with Gasteiger partial charge >= 0.3 is 0 Å². The average Bonchev–Trinajstić information content (AvgIpc) is 2.33. The van der Waals surface area contributed by atoms with Crippen molar-refractivity contribution in [2.24, 2.45) is 0 Å². The van der Waals surface area contributed by atoms with Crippen molar-refractivity contribution in [1.29, 1.82) is 0 Å². The second kappa shape index (κ2) is 2.73. The van der Waals surface area contributed by atoms with E-state index < -0.39 is 14.6 Å². The number of hydrogen-bond donors (Lipinski definition) is 1. The number of nitrogen functional groups attached to an aromatic ring is 1. The van der Waals surface area contributed by atoms with Crippen molar-refractivity contribution in [2.45, 2.75) is 18.6 Å². The molecule has 0 radical (unpaired) electrons. The van der Waals surface area contributed by atoms with E-state index in [9.17, 15) is 8.42 Å². The van der Waals surface area contributed by atoms with Crippen molar-refractivity contribution in [3.8, 4) is 0 Å². The van der Waals surface area contributed by atoms with Crippen LogP contribution in [0.1, 0.15) is 19.6 Å². The standard InChI is InChI=1S/C7H12N2O3S/c1-7(2,13(3,10)11)5-4-6(8)9-12-5/h4H,1-3H3,(H2,8,9). The van der Waals surface area contributed by atoms with Crippen LogP contribution < -0.4 is 5.73 Å². The maximum atomic E-state index is 11.3. The Morgan fingerprint density at radius 1 is 1.54 bits per heavy atom. The molecule has 0 aliphatic carbocycles. The third kappa shape index (κ3) is 1.67. The van der Waals surface area contributed by atoms with Crippen molar-refractivity contribution in [2.75, 3.05) is 12.0 Å². The van der Waals surface area contributed by atoms with Crippen LogP contribution in [0.3, 0.4) is 0 Å². The van der Waals surface area contributed by atoms with Gasteiger partial charge in [0.2, 0.25) is 0 Å². The summed E-state index contributed by atoms with van der Waals surface area (Å²) in [7, 11) is -3.23. The second-order valence-electron chi connectivity index (χ2n) is 3.40. The lowest BCUT2D eigenvalue weighted by Gasteiger charge is -2.17. The molecule has 1 aromatic rings. The van der Waals surface area contributed by atoms with E-state index in [4.69, 9.17) is 10.3 Å². The molecule has 0 saturated heterocycles. The van der Waals surface area contributed by atoms with E-state index in [1.54, 1.807) is 13.8 Å². The highest BCUT2D eigenvalue weighted by Crippen LogP contribution is 2.29. The van der Waals surface area contributed by atoms with E-state index in [-0.39, 0.29) is 11.6 Å². The zero-order chi connectivity index (χ0) is 10.3. The lowest BCUT2D eigenvalue weighted by atomic mass is 10.1. The maximum absolute atomic E-state index is 11.3. The minimum absolute atomic E-state index is 0.187. The SMILES string of the molecule is CC(C)(c1cc(N)no1)S(C)(=O)=O. The summed E-state index contributed by atoms with van der Waals surface area (Å²) in [5, 5.41) is 3.43. The lowest BCUT2D eigenvalue weighted by molar-refractivity contribution is 0.356. The quantitative estimate of drug-likeness (QED) is 0.759. The fourth-order valence-electron chi connectivity index (χ4n) is 0.755. The van der Waals surface area contributed by atoms with E-state index in [0.29, 0.717) is 0 Å². The summed E-state index contributed by atoms with van der Waals surface area (Å²) in [5.41, 5.74) is 5.32. The number of sulfone groups is 1. The molecule has 0 unspecified atom stereocenters. The molecule has 0 saturated carbocycles. The predicted octanol–water partition coefficient (Wildman–Crippen LogP) is 0.537. The summed E-state index contributed by atoms with van der Waals surface area (Å²) in [5.74, 6) is 0.444. The molecule has 0 atom stereocenters. The van der Waals surface area contributed by atoms with E-state index in [1.165, 1.54) is 6.07 Å². The third-order valence-corrected chi connectivity index (χ3v) is 4.10. The summed E-state index contributed by atoms with van der Waals surface area (Å²) < 4.78 is 26.4. The Labute approximate surface area is 76.8 Å². The maximum Gasteiger partial charge on any atom is 0.167 e. The topological polar surface area (TPSA) is 86.2 Å². The molecule has 1 heterocycles. The van der Waals surface area contributed by atoms with Crippen molar-refractivity contribution < 1.29 is 12.9 Å². The van der Waals surface area contributed by atoms with Crippen molar-refractivity contribution >= 4 is 15.7 Å². The van der Waals surface area contributed by atoms with Gasteiger partial charge in [0.1, 0.15) is 4.75 Å². The Hall–Kier alpha value is -1.04. The third-order valence-electron chi connectivity index (χ3n) is 2.05. The molecule has 0 aromatic carbocycles. The first-order chi connectivity index (χ1) is 5.75. The molecule has 0 spiro atoms. The molecule has 0 bridgehead atoms. The summed E-state index contributed by atoms with van der Waals surface area (Å²) >= 11 is 0. The van der Waals surface area contributed by atoms with Crippen LogP contribution >= 0.6 is 0 Å². The van der Waals surface area contributed by atoms with Crippen LogP contribution in [0.25, 0.3) is 0 Å². The lowest BCUT2D eigenvalue weighted by Crippen LogP contribution is -2.27. The van der Waals surface area contributed by atoms with Crippen LogP contribution in [0.15, 0.2) is 10.6 Å².